The van der Waals surface area contributed by atoms with Gasteiger partial charge in [0.15, 0.2) is 0 Å². The quantitative estimate of drug-likeness (QED) is 0.186. The second-order valence-electron chi connectivity index (χ2n) is 9.92. The number of alkyl halides is 3. The lowest BCUT2D eigenvalue weighted by Crippen LogP contribution is -2.41. The van der Waals surface area contributed by atoms with Crippen molar-refractivity contribution in [3.05, 3.63) is 54.1 Å². The molecular weight excluding hydrogens is 574 g/mol. The molecule has 1 aliphatic heterocycles. The molecule has 1 amide bonds. The molecule has 2 aromatic carbocycles. The molecule has 1 saturated heterocycles. The molecule has 0 aromatic heterocycles. The van der Waals surface area contributed by atoms with E-state index < -0.39 is 29.8 Å². The van der Waals surface area contributed by atoms with Gasteiger partial charge in [0.2, 0.25) is 24.2 Å². The summed E-state index contributed by atoms with van der Waals surface area (Å²) in [6.45, 7) is 8.29. The second kappa shape index (κ2) is 12.8. The molecule has 1 N–H and O–H groups in total. The fourth-order valence-electron chi connectivity index (χ4n) is 4.07. The van der Waals surface area contributed by atoms with Crippen molar-refractivity contribution in [1.29, 1.82) is 0 Å². The molecule has 38 heavy (non-hydrogen) atoms. The molecule has 1 heterocycles. The maximum absolute atomic E-state index is 13.7. The summed E-state index contributed by atoms with van der Waals surface area (Å²) < 4.78 is 72.0. The Balaban J connectivity index is 1.67. The van der Waals surface area contributed by atoms with Crippen LogP contribution in [0.5, 0.6) is 0 Å². The Morgan fingerprint density at radius 1 is 1.08 bits per heavy atom. The van der Waals surface area contributed by atoms with E-state index in [4.69, 9.17) is 4.53 Å². The van der Waals surface area contributed by atoms with E-state index in [0.717, 1.165) is 4.90 Å². The third-order valence-corrected chi connectivity index (χ3v) is 10.6. The summed E-state index contributed by atoms with van der Waals surface area (Å²) >= 11 is 1.40. The van der Waals surface area contributed by atoms with Gasteiger partial charge in [0, 0.05) is 28.1 Å². The predicted molar refractivity (Wildman–Crippen MR) is 148 cm³/mol. The summed E-state index contributed by atoms with van der Waals surface area (Å²) in [5.41, 5.74) is -1.35. The number of thioether (sulfide) groups is 2. The number of carbonyl (C=O) groups is 1. The van der Waals surface area contributed by atoms with Crippen LogP contribution in [-0.4, -0.2) is 50.8 Å². The van der Waals surface area contributed by atoms with Crippen molar-refractivity contribution in [2.45, 2.75) is 77.2 Å². The molecule has 13 heteroatoms. The lowest BCUT2D eigenvalue weighted by Gasteiger charge is -2.32. The number of nitrogens with one attached hydrogen (secondary N) is 1. The lowest BCUT2D eigenvalue weighted by molar-refractivity contribution is -0.129. The molecule has 3 rings (SSSR count). The monoisotopic (exact) mass is 606 g/mol. The van der Waals surface area contributed by atoms with Crippen LogP contribution in [0.1, 0.15) is 37.7 Å². The maximum Gasteiger partial charge on any atom is 0.446 e. The van der Waals surface area contributed by atoms with Crippen LogP contribution >= 0.6 is 23.5 Å². The zero-order chi connectivity index (χ0) is 28.1. The Morgan fingerprint density at radius 3 is 2.21 bits per heavy atom. The number of benzene rings is 2. The first-order valence-corrected chi connectivity index (χ1v) is 18.8. The molecule has 0 saturated carbocycles. The van der Waals surface area contributed by atoms with E-state index >= 15 is 0 Å². The number of hydroxylamine groups is 1. The molecule has 1 unspecified atom stereocenters. The van der Waals surface area contributed by atoms with E-state index in [9.17, 15) is 26.4 Å². The second-order valence-corrected chi connectivity index (χ2v) is 18.8. The zero-order valence-corrected chi connectivity index (χ0v) is 25.2. The topological polar surface area (TPSA) is 75.7 Å². The van der Waals surface area contributed by atoms with Gasteiger partial charge in [-0.25, -0.2) is 13.9 Å². The van der Waals surface area contributed by atoms with Gasteiger partial charge in [-0.3, -0.25) is 4.79 Å². The van der Waals surface area contributed by atoms with Gasteiger partial charge in [0.25, 0.3) is 0 Å². The predicted octanol–water partition coefficient (Wildman–Crippen LogP) is 6.62. The van der Waals surface area contributed by atoms with Crippen LogP contribution in [0.4, 0.5) is 13.2 Å². The van der Waals surface area contributed by atoms with E-state index in [0.29, 0.717) is 37.9 Å². The van der Waals surface area contributed by atoms with Gasteiger partial charge in [-0.2, -0.15) is 17.5 Å². The minimum absolute atomic E-state index is 0.124. The molecule has 210 valence electrons. The highest BCUT2D eigenvalue weighted by atomic mass is 32.2. The van der Waals surface area contributed by atoms with Gasteiger partial charge >= 0.3 is 5.51 Å². The first-order valence-electron chi connectivity index (χ1n) is 12.3. The number of piperidine rings is 1. The number of halogens is 3. The van der Waals surface area contributed by atoms with Gasteiger partial charge in [-0.05, 0) is 86.6 Å². The SMILES string of the molecule is CCC(C(=O)NO[Si](C)(C)C)c1ccccc1S(=O)(=O)N1CCC(Sc2ccc(SC(F)(F)F)cc2)CC1. The smallest absolute Gasteiger partial charge is 0.320 e. The largest absolute Gasteiger partial charge is 0.446 e. The number of rotatable bonds is 10. The van der Waals surface area contributed by atoms with Gasteiger partial charge < -0.3 is 4.53 Å². The van der Waals surface area contributed by atoms with Crippen molar-refractivity contribution >= 4 is 47.8 Å². The summed E-state index contributed by atoms with van der Waals surface area (Å²) in [7, 11) is -5.85. The fourth-order valence-corrected chi connectivity index (χ4v) is 7.87. The van der Waals surface area contributed by atoms with Crippen LogP contribution < -0.4 is 5.48 Å². The Labute approximate surface area is 232 Å². The van der Waals surface area contributed by atoms with Crippen LogP contribution in [-0.2, 0) is 19.3 Å². The molecular formula is C25H33F3N2O4S3Si. The van der Waals surface area contributed by atoms with Crippen molar-refractivity contribution < 1.29 is 30.9 Å². The summed E-state index contributed by atoms with van der Waals surface area (Å²) in [5, 5.41) is 0.144. The zero-order valence-electron chi connectivity index (χ0n) is 21.7. The fraction of sp³-hybridized carbons (Fsp3) is 0.480. The van der Waals surface area contributed by atoms with Crippen LogP contribution in [0.25, 0.3) is 0 Å². The summed E-state index contributed by atoms with van der Waals surface area (Å²) in [4.78, 5) is 14.0. The van der Waals surface area contributed by atoms with Crippen molar-refractivity contribution in [2.75, 3.05) is 13.1 Å². The van der Waals surface area contributed by atoms with Crippen LogP contribution in [0.3, 0.4) is 0 Å². The Morgan fingerprint density at radius 2 is 1.66 bits per heavy atom. The summed E-state index contributed by atoms with van der Waals surface area (Å²) in [6.07, 6.45) is 1.62. The highest BCUT2D eigenvalue weighted by Gasteiger charge is 2.34. The molecule has 1 atom stereocenters. The van der Waals surface area contributed by atoms with Crippen molar-refractivity contribution in [1.82, 2.24) is 9.79 Å². The molecule has 1 fully saturated rings. The average Bonchev–Trinajstić information content (AvgIpc) is 2.84. The standard InChI is InChI=1S/C25H33F3N2O4S3Si/c1-5-21(24(31)29-34-38(2,3)4)22-8-6-7-9-23(22)37(32,33)30-16-14-19(15-17-30)35-18-10-12-20(13-11-18)36-25(26,27)28/h6-13,19,21H,5,14-17H2,1-4H3,(H,29,31). The molecule has 2 aromatic rings. The lowest BCUT2D eigenvalue weighted by atomic mass is 9.96. The number of hydrogen-bond acceptors (Lipinski definition) is 6. The first-order chi connectivity index (χ1) is 17.7. The van der Waals surface area contributed by atoms with Crippen LogP contribution in [0.2, 0.25) is 19.6 Å². The van der Waals surface area contributed by atoms with Crippen molar-refractivity contribution in [2.24, 2.45) is 0 Å². The third-order valence-electron chi connectivity index (χ3n) is 5.86. The van der Waals surface area contributed by atoms with E-state index in [2.05, 4.69) is 5.48 Å². The molecule has 0 aliphatic carbocycles. The van der Waals surface area contributed by atoms with E-state index in [1.54, 1.807) is 48.2 Å². The Bertz CT molecular complexity index is 1200. The molecule has 0 bridgehead atoms. The summed E-state index contributed by atoms with van der Waals surface area (Å²) in [5.74, 6) is -1.05. The minimum atomic E-state index is -4.33. The van der Waals surface area contributed by atoms with E-state index in [-0.39, 0.29) is 32.7 Å². The van der Waals surface area contributed by atoms with Gasteiger partial charge in [-0.1, -0.05) is 25.1 Å². The molecule has 6 nitrogen and oxygen atoms in total. The molecule has 1 aliphatic rings. The first kappa shape index (κ1) is 31.0. The Hall–Kier alpha value is -1.51. The number of amides is 1. The third kappa shape index (κ3) is 8.75. The number of hydrogen-bond donors (Lipinski definition) is 1. The number of sulfonamides is 1. The summed E-state index contributed by atoms with van der Waals surface area (Å²) in [6, 6.07) is 12.8. The van der Waals surface area contributed by atoms with Crippen LogP contribution in [0, 0.1) is 0 Å². The average molecular weight is 607 g/mol. The van der Waals surface area contributed by atoms with Crippen LogP contribution in [0.15, 0.2) is 63.2 Å². The maximum atomic E-state index is 13.7. The van der Waals surface area contributed by atoms with Crippen molar-refractivity contribution in [3.63, 3.8) is 0 Å². The van der Waals surface area contributed by atoms with Crippen molar-refractivity contribution in [3.8, 4) is 0 Å². The normalized spacial score (nSPS) is 16.8. The van der Waals surface area contributed by atoms with E-state index in [1.165, 1.54) is 16.4 Å². The van der Waals surface area contributed by atoms with Gasteiger partial charge in [-0.15, -0.1) is 11.8 Å². The van der Waals surface area contributed by atoms with Gasteiger partial charge in [0.1, 0.15) is 0 Å². The number of nitrogens with zero attached hydrogens (tertiary/aromatic N) is 1. The highest BCUT2D eigenvalue weighted by Crippen LogP contribution is 2.39. The number of carbonyl (C=O) groups excluding carboxylic acids is 1. The Kier molecular flexibility index (Phi) is 10.4. The minimum Gasteiger partial charge on any atom is -0.320 e. The van der Waals surface area contributed by atoms with E-state index in [1.807, 2.05) is 26.6 Å². The molecule has 0 radical (unpaired) electrons. The van der Waals surface area contributed by atoms with Gasteiger partial charge in [0.05, 0.1) is 10.8 Å². The molecule has 0 spiro atoms. The highest BCUT2D eigenvalue weighted by molar-refractivity contribution is 8.00.